The van der Waals surface area contributed by atoms with Gasteiger partial charge in [-0.25, -0.2) is 4.79 Å². The number of aliphatic imine (C=N–C) groups is 1. The van der Waals surface area contributed by atoms with E-state index in [1.807, 2.05) is 28.8 Å². The minimum absolute atomic E-state index is 0.134. The fourth-order valence-electron chi connectivity index (χ4n) is 5.89. The molecule has 9 heteroatoms. The lowest BCUT2D eigenvalue weighted by Crippen LogP contribution is -2.48. The number of carbonyl (C=O) groups excluding carboxylic acids is 1. The summed E-state index contributed by atoms with van der Waals surface area (Å²) >= 11 is 3.48. The number of thiophene rings is 2. The van der Waals surface area contributed by atoms with Crippen molar-refractivity contribution in [3.05, 3.63) is 44.8 Å². The maximum Gasteiger partial charge on any atom is 0.235 e. The predicted molar refractivity (Wildman–Crippen MR) is 135 cm³/mol. The predicted octanol–water partition coefficient (Wildman–Crippen LogP) is 5.08. The Morgan fingerprint density at radius 3 is 1.69 bits per heavy atom. The zero-order chi connectivity index (χ0) is 24.2. The van der Waals surface area contributed by atoms with Crippen molar-refractivity contribution >= 4 is 28.8 Å². The van der Waals surface area contributed by atoms with Crippen LogP contribution in [0.25, 0.3) is 0 Å². The summed E-state index contributed by atoms with van der Waals surface area (Å²) < 4.78 is 23.0. The third kappa shape index (κ3) is 5.06. The summed E-state index contributed by atoms with van der Waals surface area (Å²) in [6.07, 6.45) is 9.04. The van der Waals surface area contributed by atoms with E-state index in [9.17, 15) is 4.79 Å². The number of nitrogens with zero attached hydrogens (tertiary/aromatic N) is 1. The van der Waals surface area contributed by atoms with E-state index in [1.165, 1.54) is 4.88 Å². The highest BCUT2D eigenvalue weighted by Crippen LogP contribution is 2.48. The lowest BCUT2D eigenvalue weighted by Gasteiger charge is -2.43. The van der Waals surface area contributed by atoms with Crippen molar-refractivity contribution in [2.75, 3.05) is 33.5 Å². The van der Waals surface area contributed by atoms with Crippen molar-refractivity contribution in [2.45, 2.75) is 74.0 Å². The Hall–Kier alpha value is -1.42. The van der Waals surface area contributed by atoms with Gasteiger partial charge in [0.15, 0.2) is 11.6 Å². The molecule has 2 aromatic rings. The quantitative estimate of drug-likeness (QED) is 0.449. The third-order valence-electron chi connectivity index (χ3n) is 8.04. The van der Waals surface area contributed by atoms with Gasteiger partial charge in [-0.2, -0.15) is 4.99 Å². The first-order valence-electron chi connectivity index (χ1n) is 12.5. The van der Waals surface area contributed by atoms with E-state index < -0.39 is 11.3 Å². The molecule has 0 bridgehead atoms. The van der Waals surface area contributed by atoms with E-state index in [4.69, 9.17) is 18.9 Å². The first-order chi connectivity index (χ1) is 17.1. The highest BCUT2D eigenvalue weighted by molar-refractivity contribution is 7.10. The smallest absolute Gasteiger partial charge is 0.235 e. The first-order valence-corrected chi connectivity index (χ1v) is 14.3. The molecule has 2 saturated heterocycles. The van der Waals surface area contributed by atoms with E-state index in [1.54, 1.807) is 17.4 Å². The van der Waals surface area contributed by atoms with Gasteiger partial charge in [0, 0.05) is 35.4 Å². The second kappa shape index (κ2) is 10.5. The zero-order valence-corrected chi connectivity index (χ0v) is 21.9. The van der Waals surface area contributed by atoms with Crippen LogP contribution in [0.2, 0.25) is 0 Å². The number of nitrogens with one attached hydrogen (secondary N) is 1. The van der Waals surface area contributed by atoms with Gasteiger partial charge in [0.25, 0.3) is 0 Å². The topological polar surface area (TPSA) is 78.4 Å². The van der Waals surface area contributed by atoms with Crippen molar-refractivity contribution in [2.24, 2.45) is 4.99 Å². The van der Waals surface area contributed by atoms with Crippen LogP contribution in [-0.4, -0.2) is 51.1 Å². The summed E-state index contributed by atoms with van der Waals surface area (Å²) in [5.74, 6) is -0.684. The van der Waals surface area contributed by atoms with Gasteiger partial charge in [-0.1, -0.05) is 12.1 Å². The van der Waals surface area contributed by atoms with Crippen molar-refractivity contribution in [3.63, 3.8) is 0 Å². The molecule has 0 amide bonds. The van der Waals surface area contributed by atoms with E-state index in [-0.39, 0.29) is 11.3 Å². The van der Waals surface area contributed by atoms with E-state index in [2.05, 4.69) is 34.9 Å². The molecule has 0 atom stereocenters. The molecule has 4 fully saturated rings. The van der Waals surface area contributed by atoms with Crippen LogP contribution in [0.1, 0.15) is 61.1 Å². The first kappa shape index (κ1) is 25.2. The Morgan fingerprint density at radius 1 is 0.771 bits per heavy atom. The van der Waals surface area contributed by atoms with Gasteiger partial charge in [-0.15, -0.1) is 22.7 Å². The maximum atomic E-state index is 10.7. The maximum absolute atomic E-state index is 10.7. The highest BCUT2D eigenvalue weighted by Gasteiger charge is 2.48. The molecule has 0 unspecified atom stereocenters. The van der Waals surface area contributed by atoms with Crippen molar-refractivity contribution in [1.82, 2.24) is 5.32 Å². The summed E-state index contributed by atoms with van der Waals surface area (Å²) in [5.41, 5.74) is -0.273. The van der Waals surface area contributed by atoms with Crippen LogP contribution in [0.3, 0.4) is 0 Å². The number of hydrogen-bond acceptors (Lipinski definition) is 9. The van der Waals surface area contributed by atoms with Crippen LogP contribution in [0.4, 0.5) is 0 Å². The van der Waals surface area contributed by atoms with Gasteiger partial charge in [-0.3, -0.25) is 0 Å². The van der Waals surface area contributed by atoms with Crippen LogP contribution in [0.15, 0.2) is 40.0 Å². The molecule has 2 aromatic heterocycles. The van der Waals surface area contributed by atoms with Crippen LogP contribution >= 0.6 is 22.7 Å². The molecule has 2 saturated carbocycles. The second-order valence-corrected chi connectivity index (χ2v) is 11.6. The largest absolute Gasteiger partial charge is 0.348 e. The molecule has 0 aromatic carbocycles. The minimum Gasteiger partial charge on any atom is -0.348 e. The van der Waals surface area contributed by atoms with E-state index >= 15 is 0 Å². The number of rotatable bonds is 4. The molecule has 35 heavy (non-hydrogen) atoms. The van der Waals surface area contributed by atoms with Crippen molar-refractivity contribution < 1.29 is 23.7 Å². The number of hydrogen-bond donors (Lipinski definition) is 1. The monoisotopic (exact) mass is 518 g/mol. The molecule has 4 aliphatic rings. The van der Waals surface area contributed by atoms with E-state index in [0.717, 1.165) is 69.5 Å². The van der Waals surface area contributed by atoms with Crippen LogP contribution in [-0.2, 0) is 34.8 Å². The minimum atomic E-state index is -0.417. The summed E-state index contributed by atoms with van der Waals surface area (Å²) in [5, 5.41) is 7.70. The lowest BCUT2D eigenvalue weighted by atomic mass is 9.77. The third-order valence-corrected chi connectivity index (χ3v) is 10.2. The van der Waals surface area contributed by atoms with Gasteiger partial charge >= 0.3 is 0 Å². The molecule has 2 spiro atoms. The number of ether oxygens (including phenoxy) is 4. The molecule has 0 radical (unpaired) electrons. The molecule has 7 nitrogen and oxygen atoms in total. The Bertz CT molecular complexity index is 971. The van der Waals surface area contributed by atoms with Crippen LogP contribution in [0, 0.1) is 0 Å². The van der Waals surface area contributed by atoms with E-state index in [0.29, 0.717) is 13.2 Å². The average Bonchev–Trinajstić information content (AvgIpc) is 3.71. The summed E-state index contributed by atoms with van der Waals surface area (Å²) in [6.45, 7) is 2.85. The lowest BCUT2D eigenvalue weighted by molar-refractivity contribution is -0.186. The summed E-state index contributed by atoms with van der Waals surface area (Å²) in [6, 6.07) is 8.40. The Kier molecular flexibility index (Phi) is 7.58. The number of isocyanates is 1. The van der Waals surface area contributed by atoms with Crippen LogP contribution < -0.4 is 5.32 Å². The Labute approximate surface area is 214 Å². The Morgan fingerprint density at radius 2 is 1.26 bits per heavy atom. The zero-order valence-electron chi connectivity index (χ0n) is 20.3. The average molecular weight is 519 g/mol. The SMILES string of the molecule is CNC1(c2cccs2)CCC2(CC1)OCCO2.O=C=NC1(c2cccs2)CCC2(CC1)OCCO2. The molecule has 6 rings (SSSR count). The van der Waals surface area contributed by atoms with Gasteiger partial charge in [0.2, 0.25) is 6.08 Å². The van der Waals surface area contributed by atoms with Crippen molar-refractivity contribution in [3.8, 4) is 0 Å². The molecule has 2 aliphatic heterocycles. The van der Waals surface area contributed by atoms with Gasteiger partial charge in [-0.05, 0) is 55.6 Å². The standard InChI is InChI=1S/C13H15NO3S.C13H19NO2S/c15-10-14-12(11-2-1-9-18-11)3-5-13(6-4-12)16-7-8-17-13;1-14-12(11-3-2-10-17-11)4-6-13(7-5-12)15-8-9-16-13/h1-2,9H,3-8H2;2-3,10,14H,4-9H2,1H3. The second-order valence-electron chi connectivity index (χ2n) is 9.74. The molecular weight excluding hydrogens is 484 g/mol. The fourth-order valence-corrected chi connectivity index (χ4v) is 7.81. The van der Waals surface area contributed by atoms with Gasteiger partial charge < -0.3 is 24.3 Å². The molecule has 1 N–H and O–H groups in total. The fraction of sp³-hybridized carbons (Fsp3) is 0.654. The normalized spacial score (nSPS) is 28.4. The Balaban J connectivity index is 0.000000145. The van der Waals surface area contributed by atoms with Gasteiger partial charge in [0.05, 0.1) is 32.0 Å². The van der Waals surface area contributed by atoms with Gasteiger partial charge in [0.1, 0.15) is 5.54 Å². The molecule has 2 aliphatic carbocycles. The highest BCUT2D eigenvalue weighted by atomic mass is 32.1. The van der Waals surface area contributed by atoms with Crippen molar-refractivity contribution in [1.29, 1.82) is 0 Å². The van der Waals surface area contributed by atoms with Crippen LogP contribution in [0.5, 0.6) is 0 Å². The summed E-state index contributed by atoms with van der Waals surface area (Å²) in [4.78, 5) is 17.4. The molecule has 4 heterocycles. The molecular formula is C26H34N2O5S2. The molecule has 190 valence electrons. The summed E-state index contributed by atoms with van der Waals surface area (Å²) in [7, 11) is 2.06.